The van der Waals surface area contributed by atoms with Crippen molar-refractivity contribution in [2.75, 3.05) is 26.8 Å². The lowest BCUT2D eigenvalue weighted by molar-refractivity contribution is 0.0918. The minimum absolute atomic E-state index is 0.155. The van der Waals surface area contributed by atoms with Gasteiger partial charge in [-0.1, -0.05) is 18.1 Å². The smallest absolute Gasteiger partial charge is 0.243 e. The first-order valence-electron chi connectivity index (χ1n) is 9.32. The number of ether oxygens (including phenoxy) is 2. The fourth-order valence-electron chi connectivity index (χ4n) is 3.23. The van der Waals surface area contributed by atoms with E-state index in [2.05, 4.69) is 0 Å². The Morgan fingerprint density at radius 2 is 1.71 bits per heavy atom. The molecular formula is C21H25NO5S. The van der Waals surface area contributed by atoms with Crippen molar-refractivity contribution in [3.8, 4) is 11.5 Å². The summed E-state index contributed by atoms with van der Waals surface area (Å²) in [5.74, 6) is 0.741. The zero-order valence-electron chi connectivity index (χ0n) is 16.2. The Balaban J connectivity index is 1.66. The zero-order chi connectivity index (χ0) is 20.1. The number of Topliss-reactive ketones (excluding diaryl/α,β-unsaturated/α-hetero) is 1. The highest BCUT2D eigenvalue weighted by Gasteiger charge is 2.25. The number of methoxy groups -OCH3 is 1. The van der Waals surface area contributed by atoms with Crippen LogP contribution in [0.25, 0.3) is 0 Å². The zero-order valence-corrected chi connectivity index (χ0v) is 17.0. The monoisotopic (exact) mass is 403 g/mol. The molecule has 1 aliphatic heterocycles. The number of ketones is 1. The molecule has 28 heavy (non-hydrogen) atoms. The van der Waals surface area contributed by atoms with Crippen LogP contribution in [-0.2, 0) is 10.0 Å². The van der Waals surface area contributed by atoms with Gasteiger partial charge in [0.05, 0.1) is 17.6 Å². The quantitative estimate of drug-likeness (QED) is 0.662. The van der Waals surface area contributed by atoms with E-state index in [1.54, 1.807) is 24.3 Å². The first-order chi connectivity index (χ1) is 13.4. The summed E-state index contributed by atoms with van der Waals surface area (Å²) in [6.45, 7) is 2.87. The van der Waals surface area contributed by atoms with Gasteiger partial charge in [-0.3, -0.25) is 4.79 Å². The summed E-state index contributed by atoms with van der Waals surface area (Å²) in [7, 11) is -1.95. The molecule has 2 aromatic rings. The van der Waals surface area contributed by atoms with E-state index in [0.29, 0.717) is 30.2 Å². The normalized spacial score (nSPS) is 15.2. The molecule has 1 heterocycles. The van der Waals surface area contributed by atoms with Gasteiger partial charge in [0, 0.05) is 13.1 Å². The second-order valence-corrected chi connectivity index (χ2v) is 8.79. The van der Waals surface area contributed by atoms with Crippen molar-refractivity contribution < 1.29 is 22.7 Å². The lowest BCUT2D eigenvalue weighted by Gasteiger charge is -2.25. The number of hydrogen-bond acceptors (Lipinski definition) is 5. The SMILES string of the molecule is COc1ccc(C)cc1C(=O)COc1ccc(S(=O)(=O)N2CCCCC2)cc1. The summed E-state index contributed by atoms with van der Waals surface area (Å²) >= 11 is 0. The lowest BCUT2D eigenvalue weighted by Crippen LogP contribution is -2.35. The summed E-state index contributed by atoms with van der Waals surface area (Å²) < 4.78 is 37.7. The van der Waals surface area contributed by atoms with Crippen LogP contribution in [0, 0.1) is 6.92 Å². The van der Waals surface area contributed by atoms with E-state index in [1.807, 2.05) is 13.0 Å². The fourth-order valence-corrected chi connectivity index (χ4v) is 4.75. The summed E-state index contributed by atoms with van der Waals surface area (Å²) in [4.78, 5) is 12.7. The number of sulfonamides is 1. The Morgan fingerprint density at radius 3 is 2.36 bits per heavy atom. The fraction of sp³-hybridized carbons (Fsp3) is 0.381. The minimum atomic E-state index is -3.47. The van der Waals surface area contributed by atoms with Crippen molar-refractivity contribution in [3.05, 3.63) is 53.6 Å². The van der Waals surface area contributed by atoms with Crippen LogP contribution < -0.4 is 9.47 Å². The maximum absolute atomic E-state index is 12.7. The van der Waals surface area contributed by atoms with Gasteiger partial charge in [0.2, 0.25) is 15.8 Å². The van der Waals surface area contributed by atoms with Crippen molar-refractivity contribution in [2.45, 2.75) is 31.1 Å². The Labute approximate surface area is 166 Å². The molecule has 0 aliphatic carbocycles. The third-order valence-electron chi connectivity index (χ3n) is 4.80. The van der Waals surface area contributed by atoms with Gasteiger partial charge in [0.1, 0.15) is 11.5 Å². The lowest BCUT2D eigenvalue weighted by atomic mass is 10.1. The Hall–Kier alpha value is -2.38. The van der Waals surface area contributed by atoms with Crippen LogP contribution in [0.1, 0.15) is 35.2 Å². The van der Waals surface area contributed by atoms with Gasteiger partial charge in [0.15, 0.2) is 6.61 Å². The first-order valence-corrected chi connectivity index (χ1v) is 10.8. The van der Waals surface area contributed by atoms with Gasteiger partial charge >= 0.3 is 0 Å². The van der Waals surface area contributed by atoms with Crippen LogP contribution in [0.3, 0.4) is 0 Å². The molecule has 0 amide bonds. The Morgan fingerprint density at radius 1 is 1.04 bits per heavy atom. The van der Waals surface area contributed by atoms with Crippen molar-refractivity contribution in [1.29, 1.82) is 0 Å². The van der Waals surface area contributed by atoms with Gasteiger partial charge < -0.3 is 9.47 Å². The molecule has 1 aliphatic rings. The van der Waals surface area contributed by atoms with E-state index in [-0.39, 0.29) is 17.3 Å². The number of rotatable bonds is 7. The van der Waals surface area contributed by atoms with Crippen LogP contribution in [-0.4, -0.2) is 45.3 Å². The molecule has 150 valence electrons. The molecule has 0 aromatic heterocycles. The number of nitrogens with zero attached hydrogens (tertiary/aromatic N) is 1. The average molecular weight is 404 g/mol. The largest absolute Gasteiger partial charge is 0.496 e. The minimum Gasteiger partial charge on any atom is -0.496 e. The van der Waals surface area contributed by atoms with E-state index in [4.69, 9.17) is 9.47 Å². The number of aryl methyl sites for hydroxylation is 1. The molecule has 0 unspecified atom stereocenters. The number of benzene rings is 2. The van der Waals surface area contributed by atoms with E-state index in [0.717, 1.165) is 24.8 Å². The van der Waals surface area contributed by atoms with Crippen LogP contribution in [0.4, 0.5) is 0 Å². The highest BCUT2D eigenvalue weighted by molar-refractivity contribution is 7.89. The molecule has 0 N–H and O–H groups in total. The van der Waals surface area contributed by atoms with Gasteiger partial charge in [-0.15, -0.1) is 0 Å². The Bertz CT molecular complexity index is 932. The molecule has 0 spiro atoms. The van der Waals surface area contributed by atoms with Crippen LogP contribution in [0.5, 0.6) is 11.5 Å². The van der Waals surface area contributed by atoms with Gasteiger partial charge in [-0.2, -0.15) is 4.31 Å². The molecule has 1 saturated heterocycles. The van der Waals surface area contributed by atoms with Crippen molar-refractivity contribution in [3.63, 3.8) is 0 Å². The molecule has 0 radical (unpaired) electrons. The van der Waals surface area contributed by atoms with E-state index in [1.165, 1.54) is 23.5 Å². The predicted octanol–water partition coefficient (Wildman–Crippen LogP) is 3.44. The molecule has 1 fully saturated rings. The van der Waals surface area contributed by atoms with Crippen LogP contribution in [0.15, 0.2) is 47.4 Å². The average Bonchev–Trinajstić information content (AvgIpc) is 2.73. The molecule has 0 bridgehead atoms. The Kier molecular flexibility index (Phi) is 6.36. The van der Waals surface area contributed by atoms with Gasteiger partial charge in [-0.05, 0) is 56.2 Å². The summed E-state index contributed by atoms with van der Waals surface area (Å²) in [6.07, 6.45) is 2.86. The third-order valence-corrected chi connectivity index (χ3v) is 6.71. The number of carbonyl (C=O) groups is 1. The predicted molar refractivity (Wildman–Crippen MR) is 107 cm³/mol. The summed E-state index contributed by atoms with van der Waals surface area (Å²) in [5, 5.41) is 0. The maximum atomic E-state index is 12.7. The van der Waals surface area contributed by atoms with Crippen molar-refractivity contribution >= 4 is 15.8 Å². The summed E-state index contributed by atoms with van der Waals surface area (Å²) in [6, 6.07) is 11.6. The highest BCUT2D eigenvalue weighted by Crippen LogP contribution is 2.24. The standard InChI is InChI=1S/C21H25NO5S/c1-16-6-11-21(26-2)19(14-16)20(23)15-27-17-7-9-18(10-8-17)28(24,25)22-12-4-3-5-13-22/h6-11,14H,3-5,12-13,15H2,1-2H3. The third kappa shape index (κ3) is 4.54. The highest BCUT2D eigenvalue weighted by atomic mass is 32.2. The molecule has 0 atom stereocenters. The van der Waals surface area contributed by atoms with Crippen LogP contribution >= 0.6 is 0 Å². The molecule has 7 heteroatoms. The molecule has 6 nitrogen and oxygen atoms in total. The van der Waals surface area contributed by atoms with E-state index in [9.17, 15) is 13.2 Å². The molecule has 2 aromatic carbocycles. The number of hydrogen-bond donors (Lipinski definition) is 0. The number of carbonyl (C=O) groups excluding carboxylic acids is 1. The van der Waals surface area contributed by atoms with E-state index >= 15 is 0 Å². The van der Waals surface area contributed by atoms with Crippen LogP contribution in [0.2, 0.25) is 0 Å². The molecular weight excluding hydrogens is 378 g/mol. The maximum Gasteiger partial charge on any atom is 0.243 e. The van der Waals surface area contributed by atoms with E-state index < -0.39 is 10.0 Å². The van der Waals surface area contributed by atoms with Gasteiger partial charge in [-0.25, -0.2) is 8.42 Å². The van der Waals surface area contributed by atoms with Crippen molar-refractivity contribution in [2.24, 2.45) is 0 Å². The topological polar surface area (TPSA) is 72.9 Å². The second-order valence-electron chi connectivity index (χ2n) is 6.85. The first kappa shape index (κ1) is 20.4. The molecule has 0 saturated carbocycles. The van der Waals surface area contributed by atoms with Gasteiger partial charge in [0.25, 0.3) is 0 Å². The summed E-state index contributed by atoms with van der Waals surface area (Å²) in [5.41, 5.74) is 1.42. The van der Waals surface area contributed by atoms with Crippen molar-refractivity contribution in [1.82, 2.24) is 4.31 Å². The molecule has 3 rings (SSSR count). The number of piperidine rings is 1. The second kappa shape index (κ2) is 8.75.